The predicted molar refractivity (Wildman–Crippen MR) is 126 cm³/mol. The van der Waals surface area contributed by atoms with Gasteiger partial charge in [-0.25, -0.2) is 10.4 Å². The van der Waals surface area contributed by atoms with E-state index in [1.165, 1.54) is 18.2 Å². The van der Waals surface area contributed by atoms with E-state index in [0.29, 0.717) is 28.0 Å². The van der Waals surface area contributed by atoms with E-state index in [2.05, 4.69) is 10.5 Å². The number of aromatic nitrogens is 1. The SMILES string of the molecule is C/C(=N/NC(=O)c1cc(-c2ccc(C)cc2)nc2ccc(C)cc12)c1cc(O)ccc1O. The zero-order valence-electron chi connectivity index (χ0n) is 18.0. The van der Waals surface area contributed by atoms with Crippen molar-refractivity contribution in [1.82, 2.24) is 10.4 Å². The quantitative estimate of drug-likeness (QED) is 0.241. The second-order valence-electron chi connectivity index (χ2n) is 7.78. The van der Waals surface area contributed by atoms with Crippen LogP contribution in [0.4, 0.5) is 0 Å². The average Bonchev–Trinajstić information content (AvgIpc) is 2.78. The summed E-state index contributed by atoms with van der Waals surface area (Å²) in [4.78, 5) is 17.9. The molecule has 3 aromatic carbocycles. The van der Waals surface area contributed by atoms with Crippen LogP contribution in [0.2, 0.25) is 0 Å². The highest BCUT2D eigenvalue weighted by atomic mass is 16.3. The maximum absolute atomic E-state index is 13.1. The highest BCUT2D eigenvalue weighted by Crippen LogP contribution is 2.26. The van der Waals surface area contributed by atoms with Gasteiger partial charge in [-0.15, -0.1) is 0 Å². The van der Waals surface area contributed by atoms with E-state index >= 15 is 0 Å². The zero-order valence-corrected chi connectivity index (χ0v) is 18.0. The van der Waals surface area contributed by atoms with Crippen LogP contribution in [0.5, 0.6) is 11.5 Å². The third-order valence-corrected chi connectivity index (χ3v) is 5.25. The first kappa shape index (κ1) is 21.1. The highest BCUT2D eigenvalue weighted by molar-refractivity contribution is 6.08. The van der Waals surface area contributed by atoms with E-state index in [0.717, 1.165) is 22.1 Å². The lowest BCUT2D eigenvalue weighted by Crippen LogP contribution is -2.20. The van der Waals surface area contributed by atoms with Gasteiger partial charge in [-0.05, 0) is 57.2 Å². The summed E-state index contributed by atoms with van der Waals surface area (Å²) in [5, 5.41) is 24.6. The van der Waals surface area contributed by atoms with Gasteiger partial charge in [-0.2, -0.15) is 5.10 Å². The molecular weight excluding hydrogens is 402 g/mol. The van der Waals surface area contributed by atoms with Crippen molar-refractivity contribution in [2.24, 2.45) is 5.10 Å². The number of carbonyl (C=O) groups is 1. The second-order valence-corrected chi connectivity index (χ2v) is 7.78. The smallest absolute Gasteiger partial charge is 0.272 e. The molecule has 0 saturated carbocycles. The van der Waals surface area contributed by atoms with E-state index in [4.69, 9.17) is 4.98 Å². The van der Waals surface area contributed by atoms with E-state index in [1.54, 1.807) is 13.0 Å². The zero-order chi connectivity index (χ0) is 22.8. The molecule has 0 aliphatic heterocycles. The lowest BCUT2D eigenvalue weighted by atomic mass is 10.0. The number of nitrogens with one attached hydrogen (secondary N) is 1. The minimum atomic E-state index is -0.393. The van der Waals surface area contributed by atoms with Gasteiger partial charge in [-0.1, -0.05) is 41.5 Å². The highest BCUT2D eigenvalue weighted by Gasteiger charge is 2.15. The molecule has 0 unspecified atom stereocenters. The van der Waals surface area contributed by atoms with Crippen molar-refractivity contribution in [2.45, 2.75) is 20.8 Å². The monoisotopic (exact) mass is 425 g/mol. The van der Waals surface area contributed by atoms with Crippen LogP contribution in [-0.4, -0.2) is 26.8 Å². The van der Waals surface area contributed by atoms with E-state index < -0.39 is 5.91 Å². The van der Waals surface area contributed by atoms with Crippen LogP contribution in [-0.2, 0) is 0 Å². The average molecular weight is 425 g/mol. The van der Waals surface area contributed by atoms with E-state index in [1.807, 2.05) is 56.3 Å². The Balaban J connectivity index is 1.74. The second kappa shape index (κ2) is 8.51. The van der Waals surface area contributed by atoms with Gasteiger partial charge < -0.3 is 10.2 Å². The lowest BCUT2D eigenvalue weighted by molar-refractivity contribution is 0.0956. The molecule has 6 heteroatoms. The van der Waals surface area contributed by atoms with Crippen molar-refractivity contribution in [1.29, 1.82) is 0 Å². The molecule has 1 heterocycles. The Kier molecular flexibility index (Phi) is 5.60. The van der Waals surface area contributed by atoms with Crippen LogP contribution in [0.25, 0.3) is 22.2 Å². The molecule has 0 bridgehead atoms. The van der Waals surface area contributed by atoms with Gasteiger partial charge in [0.2, 0.25) is 0 Å². The summed E-state index contributed by atoms with van der Waals surface area (Å²) in [5.74, 6) is -0.433. The molecule has 32 heavy (non-hydrogen) atoms. The van der Waals surface area contributed by atoms with Crippen LogP contribution in [0.3, 0.4) is 0 Å². The third-order valence-electron chi connectivity index (χ3n) is 5.25. The van der Waals surface area contributed by atoms with Gasteiger partial charge in [0.25, 0.3) is 5.91 Å². The van der Waals surface area contributed by atoms with Gasteiger partial charge in [0.05, 0.1) is 22.5 Å². The molecule has 0 aliphatic rings. The van der Waals surface area contributed by atoms with E-state index in [-0.39, 0.29) is 11.5 Å². The molecule has 0 atom stereocenters. The maximum atomic E-state index is 13.1. The first-order chi connectivity index (χ1) is 15.3. The van der Waals surface area contributed by atoms with Crippen molar-refractivity contribution >= 4 is 22.5 Å². The van der Waals surface area contributed by atoms with Crippen molar-refractivity contribution in [3.8, 4) is 22.8 Å². The standard InChI is InChI=1S/C26H23N3O3/c1-15-4-7-18(8-5-15)24-14-22(21-12-16(2)6-10-23(21)27-24)26(32)29-28-17(3)20-13-19(30)9-11-25(20)31/h4-14,30-31H,1-3H3,(H,29,32)/b28-17-. The van der Waals surface area contributed by atoms with Crippen LogP contribution >= 0.6 is 0 Å². The normalized spacial score (nSPS) is 11.5. The molecule has 0 radical (unpaired) electrons. The summed E-state index contributed by atoms with van der Waals surface area (Å²) >= 11 is 0. The summed E-state index contributed by atoms with van der Waals surface area (Å²) in [6.45, 7) is 5.62. The first-order valence-corrected chi connectivity index (χ1v) is 10.2. The largest absolute Gasteiger partial charge is 0.508 e. The summed E-state index contributed by atoms with van der Waals surface area (Å²) in [6.07, 6.45) is 0. The number of benzene rings is 3. The fourth-order valence-electron chi connectivity index (χ4n) is 3.47. The molecule has 1 amide bonds. The summed E-state index contributed by atoms with van der Waals surface area (Å²) in [7, 11) is 0. The number of hydrogen-bond donors (Lipinski definition) is 3. The number of aromatic hydroxyl groups is 2. The number of amides is 1. The van der Waals surface area contributed by atoms with Crippen molar-refractivity contribution in [3.05, 3.63) is 89.0 Å². The molecule has 0 fully saturated rings. The summed E-state index contributed by atoms with van der Waals surface area (Å²) in [5.41, 5.74) is 8.19. The molecule has 1 aromatic heterocycles. The topological polar surface area (TPSA) is 94.8 Å². The number of rotatable bonds is 4. The van der Waals surface area contributed by atoms with Crippen molar-refractivity contribution < 1.29 is 15.0 Å². The molecule has 160 valence electrons. The molecule has 0 spiro atoms. The Labute approximate surface area is 185 Å². The van der Waals surface area contributed by atoms with Crippen LogP contribution < -0.4 is 5.43 Å². The van der Waals surface area contributed by atoms with Crippen LogP contribution in [0, 0.1) is 13.8 Å². The summed E-state index contributed by atoms with van der Waals surface area (Å²) in [6, 6.07) is 19.7. The van der Waals surface area contributed by atoms with Gasteiger partial charge in [-0.3, -0.25) is 4.79 Å². The van der Waals surface area contributed by atoms with Gasteiger partial charge in [0.15, 0.2) is 0 Å². The number of fused-ring (bicyclic) bond motifs is 1. The Hall–Kier alpha value is -4.19. The minimum Gasteiger partial charge on any atom is -0.508 e. The fraction of sp³-hybridized carbons (Fsp3) is 0.115. The molecule has 6 nitrogen and oxygen atoms in total. The number of pyridine rings is 1. The lowest BCUT2D eigenvalue weighted by Gasteiger charge is -2.11. The predicted octanol–water partition coefficient (Wildman–Crippen LogP) is 5.08. The molecule has 3 N–H and O–H groups in total. The molecule has 4 rings (SSSR count). The third kappa shape index (κ3) is 4.30. The fourth-order valence-corrected chi connectivity index (χ4v) is 3.47. The maximum Gasteiger partial charge on any atom is 0.272 e. The molecule has 0 aliphatic carbocycles. The Morgan fingerprint density at radius 1 is 0.875 bits per heavy atom. The Bertz CT molecular complexity index is 1360. The Morgan fingerprint density at radius 2 is 1.59 bits per heavy atom. The minimum absolute atomic E-state index is 0.00276. The van der Waals surface area contributed by atoms with E-state index in [9.17, 15) is 15.0 Å². The molecule has 4 aromatic rings. The van der Waals surface area contributed by atoms with Gasteiger partial charge >= 0.3 is 0 Å². The van der Waals surface area contributed by atoms with Crippen LogP contribution in [0.15, 0.2) is 71.8 Å². The number of aryl methyl sites for hydroxylation is 2. The molecule has 0 saturated heterocycles. The first-order valence-electron chi connectivity index (χ1n) is 10.2. The Morgan fingerprint density at radius 3 is 2.34 bits per heavy atom. The van der Waals surface area contributed by atoms with Crippen LogP contribution in [0.1, 0.15) is 34.0 Å². The number of carbonyl (C=O) groups excluding carboxylic acids is 1. The number of hydrogen-bond acceptors (Lipinski definition) is 5. The number of nitrogens with zero attached hydrogens (tertiary/aromatic N) is 2. The number of phenols is 2. The van der Waals surface area contributed by atoms with Crippen molar-refractivity contribution in [3.63, 3.8) is 0 Å². The van der Waals surface area contributed by atoms with Gasteiger partial charge in [0, 0.05) is 16.5 Å². The van der Waals surface area contributed by atoms with Crippen molar-refractivity contribution in [2.75, 3.05) is 0 Å². The molecular formula is C26H23N3O3. The number of phenolic OH excluding ortho intramolecular Hbond substituents is 2. The summed E-state index contributed by atoms with van der Waals surface area (Å²) < 4.78 is 0. The number of hydrazone groups is 1. The van der Waals surface area contributed by atoms with Gasteiger partial charge in [0.1, 0.15) is 11.5 Å².